The number of nitrogens with one attached hydrogen (secondary N) is 2. The van der Waals surface area contributed by atoms with Crippen LogP contribution in [0.3, 0.4) is 0 Å². The zero-order valence-electron chi connectivity index (χ0n) is 22.8. The normalized spacial score (nSPS) is 21.6. The van der Waals surface area contributed by atoms with Crippen LogP contribution in [0.4, 0.5) is 5.82 Å². The van der Waals surface area contributed by atoms with Crippen LogP contribution in [0.1, 0.15) is 61.0 Å². The summed E-state index contributed by atoms with van der Waals surface area (Å²) in [7, 11) is 0. The molecule has 3 fully saturated rings. The number of hydrogen-bond acceptors (Lipinski definition) is 5. The predicted octanol–water partition coefficient (Wildman–Crippen LogP) is 3.43. The van der Waals surface area contributed by atoms with Crippen LogP contribution >= 0.6 is 0 Å². The van der Waals surface area contributed by atoms with Gasteiger partial charge < -0.3 is 25.0 Å². The van der Waals surface area contributed by atoms with Gasteiger partial charge in [-0.25, -0.2) is 4.98 Å². The lowest BCUT2D eigenvalue weighted by Gasteiger charge is -2.39. The van der Waals surface area contributed by atoms with Crippen molar-refractivity contribution in [3.63, 3.8) is 0 Å². The summed E-state index contributed by atoms with van der Waals surface area (Å²) in [5, 5.41) is 3.95. The van der Waals surface area contributed by atoms with Gasteiger partial charge in [0.05, 0.1) is 12.1 Å². The number of likely N-dealkylation sites (tertiary alicyclic amines) is 2. The molecule has 0 radical (unpaired) electrons. The molecule has 204 valence electrons. The van der Waals surface area contributed by atoms with Crippen LogP contribution in [-0.4, -0.2) is 81.8 Å². The number of hydrogen-bond donors (Lipinski definition) is 2. The third kappa shape index (κ3) is 4.75. The van der Waals surface area contributed by atoms with Gasteiger partial charge in [0.2, 0.25) is 5.91 Å². The topological polar surface area (TPSA) is 102 Å². The van der Waals surface area contributed by atoms with Gasteiger partial charge in [-0.15, -0.1) is 0 Å². The molecule has 3 saturated heterocycles. The first kappa shape index (κ1) is 25.4. The van der Waals surface area contributed by atoms with Crippen molar-refractivity contribution in [3.05, 3.63) is 59.9 Å². The van der Waals surface area contributed by atoms with Gasteiger partial charge in [0, 0.05) is 37.1 Å². The number of carbonyl (C=O) groups excluding carboxylic acids is 3. The van der Waals surface area contributed by atoms with Crippen molar-refractivity contribution < 1.29 is 14.4 Å². The van der Waals surface area contributed by atoms with E-state index in [9.17, 15) is 14.4 Å². The highest BCUT2D eigenvalue weighted by atomic mass is 16.2. The maximum atomic E-state index is 13.8. The minimum Gasteiger partial charge on any atom is -0.357 e. The van der Waals surface area contributed by atoms with E-state index < -0.39 is 11.5 Å². The standard InChI is InChI=1S/C30H36N6O3/c1-30(2,3)26(33-27(37)24-15-19-9-4-5-10-22(19)31-24)29(39)36-18-20-16-21(36)17-35(20)28(38)23-11-8-12-25(32-23)34-13-6-7-14-34/h4-5,8-12,15,20-21,26,31H,6-7,13-14,16-18H2,1-3H3,(H,33,37). The molecule has 2 aromatic heterocycles. The Labute approximate surface area is 228 Å². The van der Waals surface area contributed by atoms with Crippen molar-refractivity contribution in [2.24, 2.45) is 5.41 Å². The molecular formula is C30H36N6O3. The van der Waals surface area contributed by atoms with Crippen LogP contribution < -0.4 is 10.2 Å². The second kappa shape index (κ2) is 9.70. The van der Waals surface area contributed by atoms with Gasteiger partial charge in [-0.05, 0) is 48.9 Å². The van der Waals surface area contributed by atoms with E-state index in [1.54, 1.807) is 6.07 Å². The number of H-pyrrole nitrogens is 1. The molecule has 5 heterocycles. The lowest BCUT2D eigenvalue weighted by molar-refractivity contribution is -0.138. The summed E-state index contributed by atoms with van der Waals surface area (Å²) in [6.45, 7) is 8.79. The molecule has 9 nitrogen and oxygen atoms in total. The first-order valence-corrected chi connectivity index (χ1v) is 13.9. The molecule has 0 saturated carbocycles. The second-order valence-corrected chi connectivity index (χ2v) is 12.1. The highest BCUT2D eigenvalue weighted by molar-refractivity contribution is 6.00. The van der Waals surface area contributed by atoms with Crippen molar-refractivity contribution in [1.29, 1.82) is 0 Å². The number of nitrogens with zero attached hydrogens (tertiary/aromatic N) is 4. The third-order valence-corrected chi connectivity index (χ3v) is 8.33. The van der Waals surface area contributed by atoms with E-state index in [-0.39, 0.29) is 29.8 Å². The Morgan fingerprint density at radius 3 is 2.38 bits per heavy atom. The van der Waals surface area contributed by atoms with E-state index in [2.05, 4.69) is 20.2 Å². The van der Waals surface area contributed by atoms with E-state index in [1.807, 2.05) is 73.0 Å². The predicted molar refractivity (Wildman–Crippen MR) is 150 cm³/mol. The summed E-state index contributed by atoms with van der Waals surface area (Å²) in [5.74, 6) is 0.388. The van der Waals surface area contributed by atoms with Gasteiger partial charge in [-0.1, -0.05) is 45.0 Å². The lowest BCUT2D eigenvalue weighted by Crippen LogP contribution is -2.59. The Morgan fingerprint density at radius 2 is 1.69 bits per heavy atom. The Balaban J connectivity index is 1.14. The number of aromatic nitrogens is 2. The molecule has 3 atom stereocenters. The van der Waals surface area contributed by atoms with Crippen molar-refractivity contribution in [1.82, 2.24) is 25.1 Å². The SMILES string of the molecule is CC(C)(C)C(NC(=O)c1cc2ccccc2[nH]1)C(=O)N1CC2CC1CN2C(=O)c1cccc(N2CCCC2)n1. The summed E-state index contributed by atoms with van der Waals surface area (Å²) < 4.78 is 0. The van der Waals surface area contributed by atoms with Gasteiger partial charge in [0.15, 0.2) is 0 Å². The fourth-order valence-electron chi connectivity index (χ4n) is 6.22. The van der Waals surface area contributed by atoms with E-state index in [0.717, 1.165) is 49.1 Å². The molecule has 1 aromatic carbocycles. The molecular weight excluding hydrogens is 492 g/mol. The number of rotatable bonds is 5. The Hall–Kier alpha value is -3.88. The summed E-state index contributed by atoms with van der Waals surface area (Å²) in [4.78, 5) is 54.3. The number of fused-ring (bicyclic) bond motifs is 3. The fourth-order valence-corrected chi connectivity index (χ4v) is 6.22. The number of carbonyl (C=O) groups is 3. The first-order chi connectivity index (χ1) is 18.7. The van der Waals surface area contributed by atoms with Gasteiger partial charge in [0.25, 0.3) is 11.8 Å². The Kier molecular flexibility index (Phi) is 6.32. The third-order valence-electron chi connectivity index (χ3n) is 8.33. The monoisotopic (exact) mass is 528 g/mol. The van der Waals surface area contributed by atoms with Crippen LogP contribution in [0.25, 0.3) is 10.9 Å². The molecule has 0 spiro atoms. The van der Waals surface area contributed by atoms with Crippen LogP contribution in [0, 0.1) is 5.41 Å². The average Bonchev–Trinajstić information content (AvgIpc) is 3.73. The summed E-state index contributed by atoms with van der Waals surface area (Å²) >= 11 is 0. The average molecular weight is 529 g/mol. The van der Waals surface area contributed by atoms with Gasteiger partial charge >= 0.3 is 0 Å². The molecule has 3 aromatic rings. The van der Waals surface area contributed by atoms with E-state index >= 15 is 0 Å². The van der Waals surface area contributed by atoms with Crippen LogP contribution in [0.2, 0.25) is 0 Å². The molecule has 2 bridgehead atoms. The van der Waals surface area contributed by atoms with E-state index in [1.165, 1.54) is 0 Å². The largest absolute Gasteiger partial charge is 0.357 e. The van der Waals surface area contributed by atoms with E-state index in [0.29, 0.717) is 24.5 Å². The van der Waals surface area contributed by atoms with Crippen molar-refractivity contribution in [3.8, 4) is 0 Å². The highest BCUT2D eigenvalue weighted by Gasteiger charge is 2.50. The molecule has 3 unspecified atom stereocenters. The Morgan fingerprint density at radius 1 is 0.974 bits per heavy atom. The number of benzene rings is 1. The smallest absolute Gasteiger partial charge is 0.272 e. The van der Waals surface area contributed by atoms with Crippen LogP contribution in [-0.2, 0) is 4.79 Å². The molecule has 3 aliphatic rings. The molecule has 3 aliphatic heterocycles. The quantitative estimate of drug-likeness (QED) is 0.528. The van der Waals surface area contributed by atoms with Crippen LogP contribution in [0.15, 0.2) is 48.5 Å². The maximum Gasteiger partial charge on any atom is 0.272 e. The van der Waals surface area contributed by atoms with E-state index in [4.69, 9.17) is 0 Å². The second-order valence-electron chi connectivity index (χ2n) is 12.1. The molecule has 9 heteroatoms. The molecule has 2 N–H and O–H groups in total. The van der Waals surface area contributed by atoms with Gasteiger partial charge in [0.1, 0.15) is 23.2 Å². The fraction of sp³-hybridized carbons (Fsp3) is 0.467. The van der Waals surface area contributed by atoms with Crippen LogP contribution in [0.5, 0.6) is 0 Å². The van der Waals surface area contributed by atoms with Crippen molar-refractivity contribution >= 4 is 34.4 Å². The van der Waals surface area contributed by atoms with Crippen molar-refractivity contribution in [2.75, 3.05) is 31.1 Å². The van der Waals surface area contributed by atoms with Crippen molar-refractivity contribution in [2.45, 2.75) is 58.2 Å². The number of amides is 3. The number of anilines is 1. The maximum absolute atomic E-state index is 13.8. The molecule has 39 heavy (non-hydrogen) atoms. The number of pyridine rings is 1. The molecule has 6 rings (SSSR count). The summed E-state index contributed by atoms with van der Waals surface area (Å²) in [6.07, 6.45) is 3.05. The Bertz CT molecular complexity index is 1390. The zero-order chi connectivity index (χ0) is 27.3. The summed E-state index contributed by atoms with van der Waals surface area (Å²) in [6, 6.07) is 14.4. The number of aromatic amines is 1. The minimum atomic E-state index is -0.696. The van der Waals surface area contributed by atoms with Gasteiger partial charge in [-0.3, -0.25) is 14.4 Å². The lowest BCUT2D eigenvalue weighted by atomic mass is 9.85. The zero-order valence-corrected chi connectivity index (χ0v) is 22.8. The first-order valence-electron chi connectivity index (χ1n) is 13.9. The highest BCUT2D eigenvalue weighted by Crippen LogP contribution is 2.34. The number of piperazine rings is 1. The number of para-hydroxylation sites is 1. The molecule has 3 amide bonds. The summed E-state index contributed by atoms with van der Waals surface area (Å²) in [5.41, 5.74) is 1.28. The minimum absolute atomic E-state index is 0.0475. The molecule has 0 aliphatic carbocycles. The van der Waals surface area contributed by atoms with Gasteiger partial charge in [-0.2, -0.15) is 0 Å².